The van der Waals surface area contributed by atoms with Crippen molar-refractivity contribution < 1.29 is 18.8 Å². The maximum Gasteiger partial charge on any atom is 0.256 e. The van der Waals surface area contributed by atoms with Crippen molar-refractivity contribution in [1.82, 2.24) is 10.2 Å². The van der Waals surface area contributed by atoms with Crippen molar-refractivity contribution in [1.29, 1.82) is 0 Å². The molecule has 0 aliphatic carbocycles. The van der Waals surface area contributed by atoms with Crippen molar-refractivity contribution in [2.45, 2.75) is 18.9 Å². The summed E-state index contributed by atoms with van der Waals surface area (Å²) in [6, 6.07) is 21.4. The van der Waals surface area contributed by atoms with Gasteiger partial charge in [0.25, 0.3) is 17.7 Å². The monoisotopic (exact) mass is 445 g/mol. The van der Waals surface area contributed by atoms with Crippen LogP contribution in [0.1, 0.15) is 43.9 Å². The molecule has 1 saturated heterocycles. The van der Waals surface area contributed by atoms with Crippen molar-refractivity contribution in [3.63, 3.8) is 0 Å². The fourth-order valence-electron chi connectivity index (χ4n) is 3.87. The van der Waals surface area contributed by atoms with E-state index in [9.17, 15) is 18.8 Å². The summed E-state index contributed by atoms with van der Waals surface area (Å²) in [5.74, 6) is -1.47. The summed E-state index contributed by atoms with van der Waals surface area (Å²) in [5.41, 5.74) is 1.35. The first kappa shape index (κ1) is 22.2. The Morgan fingerprint density at radius 3 is 2.06 bits per heavy atom. The lowest BCUT2D eigenvalue weighted by molar-refractivity contribution is 0.0693. The van der Waals surface area contributed by atoms with Gasteiger partial charge in [0, 0.05) is 24.7 Å². The lowest BCUT2D eigenvalue weighted by Gasteiger charge is -2.32. The van der Waals surface area contributed by atoms with Gasteiger partial charge >= 0.3 is 0 Å². The minimum absolute atomic E-state index is 0.0584. The molecule has 0 spiro atoms. The van der Waals surface area contributed by atoms with Crippen LogP contribution in [0.5, 0.6) is 0 Å². The van der Waals surface area contributed by atoms with E-state index < -0.39 is 5.82 Å². The zero-order chi connectivity index (χ0) is 23.2. The molecule has 3 aromatic rings. The van der Waals surface area contributed by atoms with Crippen LogP contribution in [0.3, 0.4) is 0 Å². The van der Waals surface area contributed by atoms with Crippen LogP contribution < -0.4 is 10.6 Å². The van der Waals surface area contributed by atoms with Gasteiger partial charge in [-0.05, 0) is 49.2 Å². The Bertz CT molecular complexity index is 1160. The van der Waals surface area contributed by atoms with Crippen LogP contribution in [-0.2, 0) is 0 Å². The first-order valence-electron chi connectivity index (χ1n) is 10.8. The van der Waals surface area contributed by atoms with Crippen LogP contribution in [0.2, 0.25) is 0 Å². The van der Waals surface area contributed by atoms with E-state index in [1.54, 1.807) is 65.6 Å². The second kappa shape index (κ2) is 10.1. The van der Waals surface area contributed by atoms with E-state index in [4.69, 9.17) is 0 Å². The summed E-state index contributed by atoms with van der Waals surface area (Å²) in [7, 11) is 0. The van der Waals surface area contributed by atoms with E-state index in [0.717, 1.165) is 0 Å². The molecule has 0 atom stereocenters. The quantitative estimate of drug-likeness (QED) is 0.620. The van der Waals surface area contributed by atoms with E-state index in [1.165, 1.54) is 12.1 Å². The standard InChI is InChI=1S/C26H24FN3O3/c27-22-12-6-4-10-20(22)26(33)30-16-14-19(15-17-30)28-25(32)21-11-5-7-13-23(21)29-24(31)18-8-2-1-3-9-18/h1-13,19H,14-17H2,(H,28,32)(H,29,31). The lowest BCUT2D eigenvalue weighted by Crippen LogP contribution is -2.46. The Morgan fingerprint density at radius 1 is 0.758 bits per heavy atom. The number of benzene rings is 3. The van der Waals surface area contributed by atoms with Gasteiger partial charge in [-0.3, -0.25) is 14.4 Å². The van der Waals surface area contributed by atoms with Gasteiger partial charge in [0.1, 0.15) is 5.82 Å². The van der Waals surface area contributed by atoms with Crippen LogP contribution in [0.4, 0.5) is 10.1 Å². The van der Waals surface area contributed by atoms with Gasteiger partial charge in [0.05, 0.1) is 16.8 Å². The number of hydrogen-bond donors (Lipinski definition) is 2. The second-order valence-corrected chi connectivity index (χ2v) is 7.89. The van der Waals surface area contributed by atoms with E-state index in [0.29, 0.717) is 42.7 Å². The maximum absolute atomic E-state index is 13.9. The number of piperidine rings is 1. The molecule has 0 radical (unpaired) electrons. The number of anilines is 1. The molecule has 33 heavy (non-hydrogen) atoms. The average Bonchev–Trinajstić information content (AvgIpc) is 2.85. The van der Waals surface area contributed by atoms with Crippen molar-refractivity contribution in [3.05, 3.63) is 101 Å². The minimum Gasteiger partial charge on any atom is -0.349 e. The zero-order valence-corrected chi connectivity index (χ0v) is 18.0. The summed E-state index contributed by atoms with van der Waals surface area (Å²) in [6.45, 7) is 0.842. The summed E-state index contributed by atoms with van der Waals surface area (Å²) < 4.78 is 13.9. The molecule has 1 heterocycles. The van der Waals surface area contributed by atoms with Crippen molar-refractivity contribution in [2.24, 2.45) is 0 Å². The van der Waals surface area contributed by atoms with E-state index in [2.05, 4.69) is 10.6 Å². The molecule has 3 aromatic carbocycles. The number of nitrogens with zero attached hydrogens (tertiary/aromatic N) is 1. The number of likely N-dealkylation sites (tertiary alicyclic amines) is 1. The average molecular weight is 445 g/mol. The summed E-state index contributed by atoms with van der Waals surface area (Å²) in [6.07, 6.45) is 1.12. The fraction of sp³-hybridized carbons (Fsp3) is 0.192. The van der Waals surface area contributed by atoms with E-state index in [1.807, 2.05) is 6.07 Å². The molecule has 2 N–H and O–H groups in total. The number of halogens is 1. The van der Waals surface area contributed by atoms with Gasteiger partial charge in [0.15, 0.2) is 0 Å². The fourth-order valence-corrected chi connectivity index (χ4v) is 3.87. The molecular weight excluding hydrogens is 421 g/mol. The minimum atomic E-state index is -0.535. The molecule has 4 rings (SSSR count). The van der Waals surface area contributed by atoms with Gasteiger partial charge in [0.2, 0.25) is 0 Å². The molecule has 0 unspecified atom stereocenters. The molecule has 0 aromatic heterocycles. The Hall–Kier alpha value is -4.00. The summed E-state index contributed by atoms with van der Waals surface area (Å²) >= 11 is 0. The highest BCUT2D eigenvalue weighted by molar-refractivity contribution is 6.09. The van der Waals surface area contributed by atoms with Gasteiger partial charge in [-0.1, -0.05) is 42.5 Å². The predicted molar refractivity (Wildman–Crippen MR) is 124 cm³/mol. The third-order valence-corrected chi connectivity index (χ3v) is 5.68. The lowest BCUT2D eigenvalue weighted by atomic mass is 10.0. The Labute approximate surface area is 191 Å². The highest BCUT2D eigenvalue weighted by atomic mass is 19.1. The number of nitrogens with one attached hydrogen (secondary N) is 2. The molecule has 3 amide bonds. The molecule has 1 aliphatic rings. The summed E-state index contributed by atoms with van der Waals surface area (Å²) in [5, 5.41) is 5.80. The van der Waals surface area contributed by atoms with Crippen molar-refractivity contribution in [3.8, 4) is 0 Å². The molecular formula is C26H24FN3O3. The summed E-state index contributed by atoms with van der Waals surface area (Å²) in [4.78, 5) is 39.7. The molecule has 0 saturated carbocycles. The van der Waals surface area contributed by atoms with Gasteiger partial charge in [-0.2, -0.15) is 0 Å². The van der Waals surface area contributed by atoms with Crippen LogP contribution in [0, 0.1) is 5.82 Å². The molecule has 0 bridgehead atoms. The van der Waals surface area contributed by atoms with Crippen LogP contribution in [0.25, 0.3) is 0 Å². The largest absolute Gasteiger partial charge is 0.349 e. The number of amides is 3. The Kier molecular flexibility index (Phi) is 6.78. The van der Waals surface area contributed by atoms with Crippen molar-refractivity contribution >= 4 is 23.4 Å². The Balaban J connectivity index is 1.36. The molecule has 6 nitrogen and oxygen atoms in total. The number of rotatable bonds is 5. The van der Waals surface area contributed by atoms with Crippen LogP contribution >= 0.6 is 0 Å². The second-order valence-electron chi connectivity index (χ2n) is 7.89. The number of carbonyl (C=O) groups is 3. The first-order valence-corrected chi connectivity index (χ1v) is 10.8. The van der Waals surface area contributed by atoms with Crippen molar-refractivity contribution in [2.75, 3.05) is 18.4 Å². The third-order valence-electron chi connectivity index (χ3n) is 5.68. The van der Waals surface area contributed by atoms with E-state index >= 15 is 0 Å². The third kappa shape index (κ3) is 5.26. The molecule has 7 heteroatoms. The van der Waals surface area contributed by atoms with Gasteiger partial charge in [-0.25, -0.2) is 4.39 Å². The Morgan fingerprint density at radius 2 is 1.36 bits per heavy atom. The van der Waals surface area contributed by atoms with Gasteiger partial charge in [-0.15, -0.1) is 0 Å². The van der Waals surface area contributed by atoms with Crippen LogP contribution in [0.15, 0.2) is 78.9 Å². The topological polar surface area (TPSA) is 78.5 Å². The van der Waals surface area contributed by atoms with Crippen LogP contribution in [-0.4, -0.2) is 41.8 Å². The SMILES string of the molecule is O=C(Nc1ccccc1C(=O)NC1CCN(C(=O)c2ccccc2F)CC1)c1ccccc1. The highest BCUT2D eigenvalue weighted by Gasteiger charge is 2.26. The van der Waals surface area contributed by atoms with Gasteiger partial charge < -0.3 is 15.5 Å². The normalized spacial score (nSPS) is 13.9. The highest BCUT2D eigenvalue weighted by Crippen LogP contribution is 2.19. The predicted octanol–water partition coefficient (Wildman–Crippen LogP) is 4.11. The molecule has 168 valence electrons. The number of carbonyl (C=O) groups excluding carboxylic acids is 3. The first-order chi connectivity index (χ1) is 16.0. The zero-order valence-electron chi connectivity index (χ0n) is 18.0. The number of para-hydroxylation sites is 1. The number of hydrogen-bond acceptors (Lipinski definition) is 3. The van der Waals surface area contributed by atoms with E-state index in [-0.39, 0.29) is 29.3 Å². The smallest absolute Gasteiger partial charge is 0.256 e. The molecule has 1 aliphatic heterocycles. The maximum atomic E-state index is 13.9. The molecule has 1 fully saturated rings.